The second kappa shape index (κ2) is 9.18. The maximum atomic E-state index is 13.2. The van der Waals surface area contributed by atoms with Crippen LogP contribution >= 0.6 is 0 Å². The Kier molecular flexibility index (Phi) is 6.83. The Morgan fingerprint density at radius 2 is 1.63 bits per heavy atom. The Bertz CT molecular complexity index is 984. The molecule has 0 bridgehead atoms. The summed E-state index contributed by atoms with van der Waals surface area (Å²) in [5.74, 6) is -0.155. The minimum Gasteiger partial charge on any atom is -0.338 e. The summed E-state index contributed by atoms with van der Waals surface area (Å²) in [5, 5.41) is 0. The Morgan fingerprint density at radius 1 is 1.00 bits per heavy atom. The highest BCUT2D eigenvalue weighted by Gasteiger charge is 2.33. The van der Waals surface area contributed by atoms with E-state index in [0.717, 1.165) is 37.0 Å². The topological polar surface area (TPSA) is 60.9 Å². The summed E-state index contributed by atoms with van der Waals surface area (Å²) in [5.41, 5.74) is 3.86. The quantitative estimate of drug-likeness (QED) is 0.709. The average molecular weight is 430 g/mol. The first-order valence-electron chi connectivity index (χ1n) is 10.3. The molecule has 0 spiro atoms. The van der Waals surface area contributed by atoms with Crippen molar-refractivity contribution in [2.45, 2.75) is 33.4 Å². The van der Waals surface area contributed by atoms with Gasteiger partial charge in [0.1, 0.15) is 6.04 Å². The third-order valence-corrected chi connectivity index (χ3v) is 6.99. The van der Waals surface area contributed by atoms with Gasteiger partial charge in [0.15, 0.2) is 0 Å². The second-order valence-corrected chi connectivity index (χ2v) is 9.95. The van der Waals surface area contributed by atoms with Crippen LogP contribution in [0.4, 0.5) is 5.69 Å². The molecule has 1 heterocycles. The molecule has 0 aromatic heterocycles. The van der Waals surface area contributed by atoms with Gasteiger partial charge in [0.25, 0.3) is 0 Å². The predicted octanol–water partition coefficient (Wildman–Crippen LogP) is 2.80. The lowest BCUT2D eigenvalue weighted by Gasteiger charge is -2.38. The number of carbonyl (C=O) groups excluding carboxylic acids is 1. The average Bonchev–Trinajstić information content (AvgIpc) is 2.70. The van der Waals surface area contributed by atoms with E-state index >= 15 is 0 Å². The van der Waals surface area contributed by atoms with Gasteiger partial charge in [0.2, 0.25) is 15.9 Å². The molecular weight excluding hydrogens is 398 g/mol. The van der Waals surface area contributed by atoms with Gasteiger partial charge < -0.3 is 4.90 Å². The molecule has 1 aliphatic rings. The molecule has 0 aliphatic carbocycles. The van der Waals surface area contributed by atoms with Crippen LogP contribution in [0.15, 0.2) is 48.5 Å². The van der Waals surface area contributed by atoms with Crippen molar-refractivity contribution >= 4 is 21.6 Å². The van der Waals surface area contributed by atoms with Gasteiger partial charge in [0.05, 0.1) is 11.9 Å². The summed E-state index contributed by atoms with van der Waals surface area (Å²) >= 11 is 0. The number of rotatable bonds is 6. The van der Waals surface area contributed by atoms with Gasteiger partial charge in [-0.3, -0.25) is 14.0 Å². The molecule has 3 rings (SSSR count). The van der Waals surface area contributed by atoms with E-state index in [4.69, 9.17) is 0 Å². The number of carbonyl (C=O) groups is 1. The van der Waals surface area contributed by atoms with Crippen molar-refractivity contribution < 1.29 is 13.2 Å². The van der Waals surface area contributed by atoms with Gasteiger partial charge in [-0.1, -0.05) is 36.4 Å². The first-order valence-corrected chi connectivity index (χ1v) is 12.1. The van der Waals surface area contributed by atoms with Gasteiger partial charge in [-0.15, -0.1) is 0 Å². The maximum absolute atomic E-state index is 13.2. The molecule has 0 saturated carbocycles. The van der Waals surface area contributed by atoms with Crippen molar-refractivity contribution in [2.75, 3.05) is 36.7 Å². The highest BCUT2D eigenvalue weighted by molar-refractivity contribution is 7.92. The Balaban J connectivity index is 1.69. The second-order valence-electron chi connectivity index (χ2n) is 8.09. The van der Waals surface area contributed by atoms with E-state index in [-0.39, 0.29) is 5.91 Å². The van der Waals surface area contributed by atoms with E-state index in [9.17, 15) is 13.2 Å². The van der Waals surface area contributed by atoms with Gasteiger partial charge in [-0.25, -0.2) is 8.42 Å². The number of benzene rings is 2. The smallest absolute Gasteiger partial charge is 0.246 e. The first kappa shape index (κ1) is 22.3. The molecule has 6 nitrogen and oxygen atoms in total. The van der Waals surface area contributed by atoms with E-state index in [2.05, 4.69) is 17.0 Å². The monoisotopic (exact) mass is 429 g/mol. The molecule has 1 fully saturated rings. The van der Waals surface area contributed by atoms with E-state index in [1.165, 1.54) is 9.87 Å². The van der Waals surface area contributed by atoms with E-state index < -0.39 is 16.1 Å². The Labute approximate surface area is 180 Å². The van der Waals surface area contributed by atoms with Crippen molar-refractivity contribution in [1.29, 1.82) is 0 Å². The number of anilines is 1. The van der Waals surface area contributed by atoms with Crippen LogP contribution in [0.5, 0.6) is 0 Å². The molecule has 0 radical (unpaired) electrons. The molecule has 0 unspecified atom stereocenters. The van der Waals surface area contributed by atoms with E-state index in [1.807, 2.05) is 44.2 Å². The summed E-state index contributed by atoms with van der Waals surface area (Å²) < 4.78 is 26.4. The number of hydrogen-bond donors (Lipinski definition) is 0. The Hall–Kier alpha value is -2.38. The molecule has 7 heteroatoms. The number of amides is 1. The lowest BCUT2D eigenvalue weighted by molar-refractivity contribution is -0.133. The van der Waals surface area contributed by atoms with Gasteiger partial charge in [0, 0.05) is 32.7 Å². The number of piperazine rings is 1. The summed E-state index contributed by atoms with van der Waals surface area (Å²) in [6.45, 7) is 9.20. The van der Waals surface area contributed by atoms with Crippen molar-refractivity contribution in [1.82, 2.24) is 9.80 Å². The molecule has 2 aromatic rings. The third-order valence-electron chi connectivity index (χ3n) is 5.74. The summed E-state index contributed by atoms with van der Waals surface area (Å²) in [4.78, 5) is 17.3. The SMILES string of the molecule is Cc1ccc(N([C@H](C)C(=O)N2CCN(Cc3ccccc3)CC2)S(C)(=O)=O)cc1C. The molecule has 1 saturated heterocycles. The zero-order valence-corrected chi connectivity index (χ0v) is 19.0. The van der Waals surface area contributed by atoms with Gasteiger partial charge >= 0.3 is 0 Å². The summed E-state index contributed by atoms with van der Waals surface area (Å²) in [6.07, 6.45) is 1.16. The van der Waals surface area contributed by atoms with Crippen LogP contribution in [-0.4, -0.2) is 62.6 Å². The zero-order valence-electron chi connectivity index (χ0n) is 18.2. The number of aryl methyl sites for hydroxylation is 2. The number of sulfonamides is 1. The largest absolute Gasteiger partial charge is 0.338 e. The number of hydrogen-bond acceptors (Lipinski definition) is 4. The first-order chi connectivity index (χ1) is 14.2. The van der Waals surface area contributed by atoms with E-state index in [0.29, 0.717) is 18.8 Å². The summed E-state index contributed by atoms with van der Waals surface area (Å²) in [7, 11) is -3.61. The third kappa shape index (κ3) is 5.21. The molecule has 2 aromatic carbocycles. The van der Waals surface area contributed by atoms with Crippen LogP contribution in [0.1, 0.15) is 23.6 Å². The molecule has 1 atom stereocenters. The number of nitrogens with zero attached hydrogens (tertiary/aromatic N) is 3. The van der Waals surface area contributed by atoms with Gasteiger partial charge in [-0.2, -0.15) is 0 Å². The lowest BCUT2D eigenvalue weighted by atomic mass is 10.1. The van der Waals surface area contributed by atoms with Crippen LogP contribution in [0, 0.1) is 13.8 Å². The molecule has 162 valence electrons. The predicted molar refractivity (Wildman–Crippen MR) is 121 cm³/mol. The molecular formula is C23H31N3O3S. The van der Waals surface area contributed by atoms with Crippen molar-refractivity contribution in [2.24, 2.45) is 0 Å². The standard InChI is InChI=1S/C23H31N3O3S/c1-18-10-11-22(16-19(18)2)26(30(4,28)29)20(3)23(27)25-14-12-24(13-15-25)17-21-8-6-5-7-9-21/h5-11,16,20H,12-15,17H2,1-4H3/t20-/m1/s1. The van der Waals surface area contributed by atoms with Crippen LogP contribution in [0.25, 0.3) is 0 Å². The normalized spacial score (nSPS) is 16.3. The van der Waals surface area contributed by atoms with Crippen molar-refractivity contribution in [3.8, 4) is 0 Å². The van der Waals surface area contributed by atoms with Crippen LogP contribution in [0.3, 0.4) is 0 Å². The maximum Gasteiger partial charge on any atom is 0.246 e. The van der Waals surface area contributed by atoms with E-state index in [1.54, 1.807) is 17.9 Å². The van der Waals surface area contributed by atoms with Crippen LogP contribution < -0.4 is 4.31 Å². The van der Waals surface area contributed by atoms with Crippen molar-refractivity contribution in [3.05, 3.63) is 65.2 Å². The molecule has 30 heavy (non-hydrogen) atoms. The lowest BCUT2D eigenvalue weighted by Crippen LogP contribution is -2.55. The summed E-state index contributed by atoms with van der Waals surface area (Å²) in [6, 6.07) is 15.0. The molecule has 0 N–H and O–H groups in total. The fourth-order valence-electron chi connectivity index (χ4n) is 3.90. The van der Waals surface area contributed by atoms with Crippen LogP contribution in [0.2, 0.25) is 0 Å². The highest BCUT2D eigenvalue weighted by Crippen LogP contribution is 2.24. The fraction of sp³-hybridized carbons (Fsp3) is 0.435. The minimum absolute atomic E-state index is 0.155. The zero-order chi connectivity index (χ0) is 21.9. The molecule has 1 aliphatic heterocycles. The minimum atomic E-state index is -3.61. The fourth-order valence-corrected chi connectivity index (χ4v) is 5.06. The Morgan fingerprint density at radius 3 is 2.20 bits per heavy atom. The van der Waals surface area contributed by atoms with Crippen LogP contribution in [-0.2, 0) is 21.4 Å². The molecule has 1 amide bonds. The van der Waals surface area contributed by atoms with Crippen molar-refractivity contribution in [3.63, 3.8) is 0 Å². The highest BCUT2D eigenvalue weighted by atomic mass is 32.2. The van der Waals surface area contributed by atoms with Gasteiger partial charge in [-0.05, 0) is 49.6 Å².